The van der Waals surface area contributed by atoms with Crippen LogP contribution in [0.25, 0.3) is 10.9 Å². The number of benzene rings is 1. The molecule has 4 rings (SSSR count). The Bertz CT molecular complexity index is 885. The zero-order valence-corrected chi connectivity index (χ0v) is 13.4. The van der Waals surface area contributed by atoms with Gasteiger partial charge < -0.3 is 9.88 Å². The fourth-order valence-electron chi connectivity index (χ4n) is 3.19. The Kier molecular flexibility index (Phi) is 3.96. The third-order valence-electron chi connectivity index (χ3n) is 4.50. The van der Waals surface area contributed by atoms with E-state index in [9.17, 15) is 4.79 Å². The van der Waals surface area contributed by atoms with Gasteiger partial charge in [-0.1, -0.05) is 18.2 Å². The number of nitrogens with zero attached hydrogens (tertiary/aromatic N) is 4. The van der Waals surface area contributed by atoms with Gasteiger partial charge in [-0.15, -0.1) is 0 Å². The molecule has 0 spiro atoms. The fourth-order valence-corrected chi connectivity index (χ4v) is 3.19. The molecule has 24 heavy (non-hydrogen) atoms. The average Bonchev–Trinajstić information content (AvgIpc) is 2.64. The van der Waals surface area contributed by atoms with Crippen molar-refractivity contribution >= 4 is 16.6 Å². The zero-order chi connectivity index (χ0) is 16.4. The molecule has 0 saturated carbocycles. The highest BCUT2D eigenvalue weighted by atomic mass is 16.1. The average molecular weight is 321 g/mol. The summed E-state index contributed by atoms with van der Waals surface area (Å²) in [5.41, 5.74) is 2.73. The van der Waals surface area contributed by atoms with Gasteiger partial charge in [0.2, 0.25) is 0 Å². The molecule has 0 atom stereocenters. The van der Waals surface area contributed by atoms with E-state index >= 15 is 0 Å². The van der Waals surface area contributed by atoms with Crippen LogP contribution in [0.2, 0.25) is 0 Å². The van der Waals surface area contributed by atoms with Gasteiger partial charge in [0.1, 0.15) is 5.52 Å². The first kappa shape index (κ1) is 14.8. The number of piperazine rings is 1. The molecule has 1 aliphatic rings. The zero-order valence-electron chi connectivity index (χ0n) is 13.4. The van der Waals surface area contributed by atoms with E-state index < -0.39 is 0 Å². The number of rotatable bonds is 3. The molecule has 0 aliphatic carbocycles. The molecule has 1 aromatic carbocycles. The van der Waals surface area contributed by atoms with Crippen LogP contribution >= 0.6 is 0 Å². The first-order valence-corrected chi connectivity index (χ1v) is 8.15. The Morgan fingerprint density at radius 1 is 1.00 bits per heavy atom. The van der Waals surface area contributed by atoms with E-state index in [1.54, 1.807) is 12.3 Å². The van der Waals surface area contributed by atoms with Crippen LogP contribution in [0.1, 0.15) is 5.69 Å². The molecule has 6 nitrogen and oxygen atoms in total. The highest BCUT2D eigenvalue weighted by molar-refractivity contribution is 5.78. The highest BCUT2D eigenvalue weighted by Gasteiger charge is 2.18. The third kappa shape index (κ3) is 2.88. The van der Waals surface area contributed by atoms with E-state index in [0.717, 1.165) is 38.4 Å². The summed E-state index contributed by atoms with van der Waals surface area (Å²) in [6.07, 6.45) is 3.14. The number of pyridine rings is 1. The Hall–Kier alpha value is -2.73. The molecule has 3 heterocycles. The van der Waals surface area contributed by atoms with E-state index in [4.69, 9.17) is 0 Å². The summed E-state index contributed by atoms with van der Waals surface area (Å²) in [5.74, 6) is 0. The molecule has 1 N–H and O–H groups in total. The first-order valence-electron chi connectivity index (χ1n) is 8.15. The molecule has 0 radical (unpaired) electrons. The first-order chi connectivity index (χ1) is 11.8. The second kappa shape index (κ2) is 6.41. The van der Waals surface area contributed by atoms with Gasteiger partial charge in [0.15, 0.2) is 0 Å². The van der Waals surface area contributed by atoms with Crippen molar-refractivity contribution in [1.29, 1.82) is 0 Å². The molecule has 0 bridgehead atoms. The van der Waals surface area contributed by atoms with Crippen molar-refractivity contribution in [2.24, 2.45) is 0 Å². The van der Waals surface area contributed by atoms with Crippen molar-refractivity contribution in [3.63, 3.8) is 0 Å². The Labute approximate surface area is 139 Å². The van der Waals surface area contributed by atoms with E-state index in [1.807, 2.05) is 6.07 Å². The molecule has 122 valence electrons. The van der Waals surface area contributed by atoms with E-state index in [-0.39, 0.29) is 5.56 Å². The van der Waals surface area contributed by atoms with Crippen LogP contribution in [-0.4, -0.2) is 46.0 Å². The largest absolute Gasteiger partial charge is 0.369 e. The van der Waals surface area contributed by atoms with Crippen molar-refractivity contribution in [2.75, 3.05) is 31.1 Å². The maximum Gasteiger partial charge on any atom is 0.258 e. The number of nitrogens with one attached hydrogen (secondary N) is 1. The fraction of sp³-hybridized carbons (Fsp3) is 0.278. The predicted molar refractivity (Wildman–Crippen MR) is 94.1 cm³/mol. The van der Waals surface area contributed by atoms with Crippen LogP contribution in [0, 0.1) is 0 Å². The van der Waals surface area contributed by atoms with Crippen molar-refractivity contribution in [3.8, 4) is 0 Å². The molecule has 1 fully saturated rings. The molecule has 2 aromatic heterocycles. The van der Waals surface area contributed by atoms with Crippen molar-refractivity contribution in [1.82, 2.24) is 19.9 Å². The molecule has 0 unspecified atom stereocenters. The summed E-state index contributed by atoms with van der Waals surface area (Å²) >= 11 is 0. The van der Waals surface area contributed by atoms with Gasteiger partial charge in [-0.05, 0) is 18.2 Å². The standard InChI is InChI=1S/C18H19N5O/c24-18-15-6-7-19-16(17(15)20-13-21-18)12-22-8-10-23(11-9-22)14-4-2-1-3-5-14/h1-7,13H,8-12H2,(H,20,21,24). The molecule has 1 saturated heterocycles. The van der Waals surface area contributed by atoms with Gasteiger partial charge in [0.25, 0.3) is 5.56 Å². The summed E-state index contributed by atoms with van der Waals surface area (Å²) < 4.78 is 0. The lowest BCUT2D eigenvalue weighted by atomic mass is 10.2. The third-order valence-corrected chi connectivity index (χ3v) is 4.50. The van der Waals surface area contributed by atoms with Crippen LogP contribution in [0.15, 0.2) is 53.7 Å². The number of aromatic amines is 1. The summed E-state index contributed by atoms with van der Waals surface area (Å²) in [6.45, 7) is 4.63. The second-order valence-electron chi connectivity index (χ2n) is 5.98. The molecule has 0 amide bonds. The van der Waals surface area contributed by atoms with Crippen molar-refractivity contribution in [3.05, 3.63) is 65.0 Å². The lowest BCUT2D eigenvalue weighted by molar-refractivity contribution is 0.248. The summed E-state index contributed by atoms with van der Waals surface area (Å²) in [7, 11) is 0. The minimum Gasteiger partial charge on any atom is -0.369 e. The van der Waals surface area contributed by atoms with Crippen molar-refractivity contribution in [2.45, 2.75) is 6.54 Å². The Balaban J connectivity index is 1.48. The number of fused-ring (bicyclic) bond motifs is 1. The van der Waals surface area contributed by atoms with E-state index in [2.05, 4.69) is 49.0 Å². The van der Waals surface area contributed by atoms with E-state index in [0.29, 0.717) is 10.9 Å². The number of hydrogen-bond donors (Lipinski definition) is 1. The number of para-hydroxylation sites is 1. The maximum absolute atomic E-state index is 11.9. The van der Waals surface area contributed by atoms with E-state index in [1.165, 1.54) is 12.0 Å². The number of hydrogen-bond acceptors (Lipinski definition) is 5. The minimum atomic E-state index is -0.113. The number of anilines is 1. The molecule has 6 heteroatoms. The van der Waals surface area contributed by atoms with Gasteiger partial charge in [-0.2, -0.15) is 0 Å². The summed E-state index contributed by atoms with van der Waals surface area (Å²) in [4.78, 5) is 28.0. The van der Waals surface area contributed by atoms with Gasteiger partial charge in [0, 0.05) is 44.6 Å². The van der Waals surface area contributed by atoms with Crippen LogP contribution in [0.3, 0.4) is 0 Å². The van der Waals surface area contributed by atoms with Crippen LogP contribution in [-0.2, 0) is 6.54 Å². The predicted octanol–water partition coefficient (Wildman–Crippen LogP) is 1.64. The monoisotopic (exact) mass is 321 g/mol. The summed E-state index contributed by atoms with van der Waals surface area (Å²) in [6, 6.07) is 12.2. The lowest BCUT2D eigenvalue weighted by Gasteiger charge is -2.36. The van der Waals surface area contributed by atoms with Crippen LogP contribution in [0.5, 0.6) is 0 Å². The van der Waals surface area contributed by atoms with Crippen LogP contribution < -0.4 is 10.5 Å². The van der Waals surface area contributed by atoms with Crippen LogP contribution in [0.4, 0.5) is 5.69 Å². The SMILES string of the molecule is O=c1[nH]cnc2c(CN3CCN(c4ccccc4)CC3)nccc12. The highest BCUT2D eigenvalue weighted by Crippen LogP contribution is 2.18. The topological polar surface area (TPSA) is 65.1 Å². The quantitative estimate of drug-likeness (QED) is 0.794. The normalized spacial score (nSPS) is 15.8. The number of aromatic nitrogens is 3. The van der Waals surface area contributed by atoms with Gasteiger partial charge >= 0.3 is 0 Å². The molecular formula is C18H19N5O. The smallest absolute Gasteiger partial charge is 0.258 e. The Morgan fingerprint density at radius 2 is 1.79 bits per heavy atom. The van der Waals surface area contributed by atoms with Crippen molar-refractivity contribution < 1.29 is 0 Å². The van der Waals surface area contributed by atoms with Gasteiger partial charge in [-0.3, -0.25) is 14.7 Å². The minimum absolute atomic E-state index is 0.113. The van der Waals surface area contributed by atoms with Gasteiger partial charge in [0.05, 0.1) is 17.4 Å². The Morgan fingerprint density at radius 3 is 2.58 bits per heavy atom. The maximum atomic E-state index is 11.9. The number of H-pyrrole nitrogens is 1. The summed E-state index contributed by atoms with van der Waals surface area (Å²) in [5, 5.41) is 0.602. The molecular weight excluding hydrogens is 302 g/mol. The lowest BCUT2D eigenvalue weighted by Crippen LogP contribution is -2.46. The molecule has 3 aromatic rings. The second-order valence-corrected chi connectivity index (χ2v) is 5.98. The molecule has 1 aliphatic heterocycles. The van der Waals surface area contributed by atoms with Gasteiger partial charge in [-0.25, -0.2) is 4.98 Å².